The van der Waals surface area contributed by atoms with Gasteiger partial charge in [-0.1, -0.05) is 62.4 Å². The number of carbonyl (C=O) groups excluding carboxylic acids is 1. The average molecular weight is 376 g/mol. The van der Waals surface area contributed by atoms with E-state index in [-0.39, 0.29) is 16.8 Å². The zero-order valence-corrected chi connectivity index (χ0v) is 17.2. The van der Waals surface area contributed by atoms with Gasteiger partial charge in [-0.15, -0.1) is 0 Å². The Morgan fingerprint density at radius 1 is 1.21 bits per heavy atom. The number of nitrogens with zero attached hydrogens (tertiary/aromatic N) is 1. The van der Waals surface area contributed by atoms with Crippen LogP contribution in [0.25, 0.3) is 6.08 Å². The molecule has 1 saturated heterocycles. The molecule has 0 radical (unpaired) electrons. The van der Waals surface area contributed by atoms with E-state index < -0.39 is 0 Å². The first-order chi connectivity index (χ1) is 13.3. The zero-order valence-electron chi connectivity index (χ0n) is 17.2. The van der Waals surface area contributed by atoms with Crippen LogP contribution in [0.4, 0.5) is 0 Å². The van der Waals surface area contributed by atoms with Gasteiger partial charge in [0.15, 0.2) is 0 Å². The van der Waals surface area contributed by atoms with Gasteiger partial charge in [0.25, 0.3) is 0 Å². The Morgan fingerprint density at radius 3 is 2.68 bits per heavy atom. The van der Waals surface area contributed by atoms with E-state index in [9.17, 15) is 4.79 Å². The van der Waals surface area contributed by atoms with Crippen LogP contribution in [0.5, 0.6) is 5.75 Å². The normalized spacial score (nSPS) is 29.1. The zero-order chi connectivity index (χ0) is 19.9. The summed E-state index contributed by atoms with van der Waals surface area (Å²) in [7, 11) is 0. The van der Waals surface area contributed by atoms with Crippen LogP contribution < -0.4 is 4.74 Å². The molecule has 3 nitrogen and oxygen atoms in total. The molecule has 0 bridgehead atoms. The number of aryl methyl sites for hydroxylation is 1. The van der Waals surface area contributed by atoms with Crippen molar-refractivity contribution in [2.75, 3.05) is 19.6 Å². The highest BCUT2D eigenvalue weighted by Gasteiger charge is 2.74. The molecular formula is C25H29NO2. The van der Waals surface area contributed by atoms with Crippen LogP contribution in [0.2, 0.25) is 0 Å². The Bertz CT molecular complexity index is 934. The molecule has 146 valence electrons. The number of ether oxygens (including phenoxy) is 1. The lowest BCUT2D eigenvalue weighted by atomic mass is 9.87. The van der Waals surface area contributed by atoms with Gasteiger partial charge in [0.1, 0.15) is 5.75 Å². The summed E-state index contributed by atoms with van der Waals surface area (Å²) >= 11 is 0. The van der Waals surface area contributed by atoms with Crippen molar-refractivity contribution in [2.45, 2.75) is 33.1 Å². The van der Waals surface area contributed by atoms with Gasteiger partial charge in [-0.2, -0.15) is 0 Å². The maximum atomic E-state index is 11.3. The van der Waals surface area contributed by atoms with Crippen LogP contribution in [0.15, 0.2) is 54.6 Å². The van der Waals surface area contributed by atoms with E-state index in [2.05, 4.69) is 68.2 Å². The monoisotopic (exact) mass is 375 g/mol. The second-order valence-corrected chi connectivity index (χ2v) is 8.75. The molecule has 4 rings (SSSR count). The Labute approximate surface area is 168 Å². The minimum Gasteiger partial charge on any atom is -0.427 e. The summed E-state index contributed by atoms with van der Waals surface area (Å²) in [6.45, 7) is 11.6. The van der Waals surface area contributed by atoms with Crippen LogP contribution in [0.1, 0.15) is 37.5 Å². The minimum absolute atomic E-state index is 0.152. The molecule has 0 unspecified atom stereocenters. The van der Waals surface area contributed by atoms with Crippen LogP contribution in [0, 0.1) is 18.3 Å². The van der Waals surface area contributed by atoms with Gasteiger partial charge in [0.05, 0.1) is 0 Å². The lowest BCUT2D eigenvalue weighted by Crippen LogP contribution is -2.32. The molecule has 0 amide bonds. The Hall–Kier alpha value is -2.39. The molecular weight excluding hydrogens is 346 g/mol. The average Bonchev–Trinajstić information content (AvgIpc) is 2.94. The number of esters is 1. The summed E-state index contributed by atoms with van der Waals surface area (Å²) < 4.78 is 5.30. The largest absolute Gasteiger partial charge is 0.427 e. The minimum atomic E-state index is -0.267. The highest BCUT2D eigenvalue weighted by molar-refractivity contribution is 5.69. The fourth-order valence-electron chi connectivity index (χ4n) is 5.25. The summed E-state index contributed by atoms with van der Waals surface area (Å²) in [5.41, 5.74) is 4.33. The predicted octanol–water partition coefficient (Wildman–Crippen LogP) is 4.84. The van der Waals surface area contributed by atoms with Crippen molar-refractivity contribution >= 4 is 12.0 Å². The number of hydrogen-bond acceptors (Lipinski definition) is 3. The Balaban J connectivity index is 1.42. The van der Waals surface area contributed by atoms with Crippen molar-refractivity contribution in [1.82, 2.24) is 4.90 Å². The molecule has 0 N–H and O–H groups in total. The van der Waals surface area contributed by atoms with E-state index >= 15 is 0 Å². The van der Waals surface area contributed by atoms with E-state index in [0.29, 0.717) is 11.7 Å². The predicted molar refractivity (Wildman–Crippen MR) is 113 cm³/mol. The van der Waals surface area contributed by atoms with Crippen molar-refractivity contribution in [2.24, 2.45) is 11.3 Å². The van der Waals surface area contributed by atoms with Gasteiger partial charge in [-0.25, -0.2) is 0 Å². The van der Waals surface area contributed by atoms with Crippen molar-refractivity contribution in [1.29, 1.82) is 0 Å². The lowest BCUT2D eigenvalue weighted by molar-refractivity contribution is -0.131. The molecule has 1 heterocycles. The quantitative estimate of drug-likeness (QED) is 0.553. The summed E-state index contributed by atoms with van der Waals surface area (Å²) in [5.74, 6) is 1.02. The summed E-state index contributed by atoms with van der Waals surface area (Å²) in [5, 5.41) is 0. The third-order valence-electron chi connectivity index (χ3n) is 7.11. The summed E-state index contributed by atoms with van der Waals surface area (Å²) in [4.78, 5) is 13.8. The van der Waals surface area contributed by atoms with Crippen molar-refractivity contribution in [3.8, 4) is 5.75 Å². The van der Waals surface area contributed by atoms with Crippen LogP contribution >= 0.6 is 0 Å². The summed E-state index contributed by atoms with van der Waals surface area (Å²) in [6.07, 6.45) is 4.53. The second kappa shape index (κ2) is 6.89. The van der Waals surface area contributed by atoms with Crippen LogP contribution in [0.3, 0.4) is 0 Å². The Kier molecular flexibility index (Phi) is 4.67. The molecule has 0 aromatic heterocycles. The molecule has 2 aromatic carbocycles. The number of carbonyl (C=O) groups is 1. The van der Waals surface area contributed by atoms with Crippen LogP contribution in [-0.2, 0) is 10.2 Å². The first kappa shape index (κ1) is 18.9. The second-order valence-electron chi connectivity index (χ2n) is 8.75. The fraction of sp³-hybridized carbons (Fsp3) is 0.400. The fourth-order valence-corrected chi connectivity index (χ4v) is 5.25. The maximum Gasteiger partial charge on any atom is 0.308 e. The standard InChI is InChI=1S/C25H29NO2/c1-18-9-5-6-10-20(18)11-8-14-26-16-23-24(3,17-26)25(23,4)21-12-7-13-22(15-21)28-19(2)27/h5-13,15,23H,14,16-17H2,1-4H3/b11-8+/t23-,24+,25-/m0/s1. The third-order valence-corrected chi connectivity index (χ3v) is 7.11. The highest BCUT2D eigenvalue weighted by Crippen LogP contribution is 2.72. The van der Waals surface area contributed by atoms with Crippen LogP contribution in [-0.4, -0.2) is 30.5 Å². The van der Waals surface area contributed by atoms with E-state index in [1.807, 2.05) is 18.2 Å². The molecule has 28 heavy (non-hydrogen) atoms. The van der Waals surface area contributed by atoms with Gasteiger partial charge in [0, 0.05) is 32.0 Å². The van der Waals surface area contributed by atoms with Crippen molar-refractivity contribution in [3.63, 3.8) is 0 Å². The maximum absolute atomic E-state index is 11.3. The molecule has 1 aliphatic carbocycles. The molecule has 1 saturated carbocycles. The van der Waals surface area contributed by atoms with Gasteiger partial charge in [-0.3, -0.25) is 9.69 Å². The van der Waals surface area contributed by atoms with Crippen molar-refractivity contribution in [3.05, 3.63) is 71.3 Å². The molecule has 3 heteroatoms. The highest BCUT2D eigenvalue weighted by atomic mass is 16.5. The van der Waals surface area contributed by atoms with E-state index in [0.717, 1.165) is 19.6 Å². The van der Waals surface area contributed by atoms with E-state index in [1.54, 1.807) is 0 Å². The number of rotatable bonds is 5. The molecule has 1 aliphatic heterocycles. The lowest BCUT2D eigenvalue weighted by Gasteiger charge is -2.27. The SMILES string of the molecule is CC(=O)Oc1cccc([C@@]2(C)[C@H]3CN(C/C=C/c4ccccc4C)C[C@]32C)c1. The topological polar surface area (TPSA) is 29.5 Å². The molecule has 2 fully saturated rings. The van der Waals surface area contributed by atoms with Gasteiger partial charge in [0.2, 0.25) is 0 Å². The number of hydrogen-bond donors (Lipinski definition) is 0. The number of piperidine rings is 1. The molecule has 0 spiro atoms. The smallest absolute Gasteiger partial charge is 0.308 e. The number of fused-ring (bicyclic) bond motifs is 1. The molecule has 2 aliphatic rings. The molecule has 3 atom stereocenters. The first-order valence-electron chi connectivity index (χ1n) is 10.1. The van der Waals surface area contributed by atoms with Gasteiger partial charge >= 0.3 is 5.97 Å². The van der Waals surface area contributed by atoms with E-state index in [4.69, 9.17) is 4.74 Å². The summed E-state index contributed by atoms with van der Waals surface area (Å²) in [6, 6.07) is 16.6. The van der Waals surface area contributed by atoms with E-state index in [1.165, 1.54) is 23.6 Å². The first-order valence-corrected chi connectivity index (χ1v) is 10.1. The van der Waals surface area contributed by atoms with Gasteiger partial charge in [-0.05, 0) is 47.1 Å². The number of benzene rings is 2. The van der Waals surface area contributed by atoms with Gasteiger partial charge < -0.3 is 4.74 Å². The molecule has 2 aromatic rings. The van der Waals surface area contributed by atoms with Crippen molar-refractivity contribution < 1.29 is 9.53 Å². The number of likely N-dealkylation sites (tertiary alicyclic amines) is 1. The third kappa shape index (κ3) is 3.08. The Morgan fingerprint density at radius 2 is 2.00 bits per heavy atom.